The molecule has 2 aromatic carbocycles. The molecule has 0 unspecified atom stereocenters. The van der Waals surface area contributed by atoms with Crippen molar-refractivity contribution in [2.24, 2.45) is 0 Å². The van der Waals surface area contributed by atoms with E-state index in [1.165, 1.54) is 34.2 Å². The van der Waals surface area contributed by atoms with E-state index in [1.807, 2.05) is 30.3 Å². The van der Waals surface area contributed by atoms with Gasteiger partial charge in [0.25, 0.3) is 5.56 Å². The number of benzene rings is 2. The largest absolute Gasteiger partial charge is 0.365 e. The van der Waals surface area contributed by atoms with Gasteiger partial charge in [-0.25, -0.2) is 0 Å². The lowest BCUT2D eigenvalue weighted by atomic mass is 10.0. The van der Waals surface area contributed by atoms with Crippen molar-refractivity contribution in [3.05, 3.63) is 81.8 Å². The summed E-state index contributed by atoms with van der Waals surface area (Å²) in [6.45, 7) is 1.65. The minimum atomic E-state index is -0.158. The van der Waals surface area contributed by atoms with Crippen LogP contribution in [0.3, 0.4) is 0 Å². The molecule has 6 heteroatoms. The molecule has 2 aliphatic rings. The molecule has 1 saturated carbocycles. The molecule has 2 aromatic heterocycles. The Labute approximate surface area is 167 Å². The van der Waals surface area contributed by atoms with Crippen LogP contribution >= 0.6 is 0 Å². The maximum atomic E-state index is 12.6. The number of anilines is 1. The average Bonchev–Trinajstić information content (AvgIpc) is 3.37. The second kappa shape index (κ2) is 6.30. The molecule has 0 spiro atoms. The lowest BCUT2D eigenvalue weighted by Crippen LogP contribution is -2.23. The van der Waals surface area contributed by atoms with Crippen molar-refractivity contribution < 1.29 is 0 Å². The van der Waals surface area contributed by atoms with Crippen LogP contribution in [-0.2, 0) is 13.0 Å². The fourth-order valence-electron chi connectivity index (χ4n) is 4.41. The molecule has 29 heavy (non-hydrogen) atoms. The van der Waals surface area contributed by atoms with Gasteiger partial charge in [-0.15, -0.1) is 5.10 Å². The van der Waals surface area contributed by atoms with Crippen LogP contribution in [0.15, 0.2) is 59.4 Å². The van der Waals surface area contributed by atoms with Crippen LogP contribution in [-0.4, -0.2) is 26.1 Å². The third-order valence-electron chi connectivity index (χ3n) is 5.96. The van der Waals surface area contributed by atoms with Crippen molar-refractivity contribution in [3.8, 4) is 11.4 Å². The Balaban J connectivity index is 1.34. The molecule has 0 amide bonds. The standard InChI is InChI=1S/C23H21N5O/c29-21-13-17(24-23-25-22(26-28(21)23)16-5-2-1-3-6-16)14-27-12-11-19-18(15-9-10-15)7-4-8-20(19)27/h1-8,13,15H,9-12,14H2,(H,24,25,26). The van der Waals surface area contributed by atoms with E-state index in [4.69, 9.17) is 0 Å². The Hall–Kier alpha value is -3.41. The van der Waals surface area contributed by atoms with Gasteiger partial charge in [0.1, 0.15) is 0 Å². The lowest BCUT2D eigenvalue weighted by molar-refractivity contribution is 0.798. The van der Waals surface area contributed by atoms with E-state index in [0.29, 0.717) is 18.1 Å². The summed E-state index contributed by atoms with van der Waals surface area (Å²) in [7, 11) is 0. The van der Waals surface area contributed by atoms with E-state index in [9.17, 15) is 4.79 Å². The Kier molecular flexibility index (Phi) is 3.59. The van der Waals surface area contributed by atoms with E-state index in [1.54, 1.807) is 6.07 Å². The summed E-state index contributed by atoms with van der Waals surface area (Å²) in [5.74, 6) is 1.79. The van der Waals surface area contributed by atoms with Crippen LogP contribution in [0.25, 0.3) is 17.2 Å². The number of aromatic amines is 1. The quantitative estimate of drug-likeness (QED) is 0.586. The summed E-state index contributed by atoms with van der Waals surface area (Å²) >= 11 is 0. The van der Waals surface area contributed by atoms with Gasteiger partial charge < -0.3 is 9.88 Å². The molecule has 4 aromatic rings. The van der Waals surface area contributed by atoms with Crippen molar-refractivity contribution in [2.45, 2.75) is 31.7 Å². The van der Waals surface area contributed by atoms with E-state index in [-0.39, 0.29) is 5.56 Å². The normalized spacial score (nSPS) is 15.8. The first kappa shape index (κ1) is 16.5. The first-order valence-electron chi connectivity index (χ1n) is 10.2. The van der Waals surface area contributed by atoms with E-state index in [0.717, 1.165) is 30.1 Å². The number of fused-ring (bicyclic) bond motifs is 2. The van der Waals surface area contributed by atoms with Gasteiger partial charge in [0, 0.05) is 29.6 Å². The third kappa shape index (κ3) is 2.83. The van der Waals surface area contributed by atoms with Gasteiger partial charge in [-0.1, -0.05) is 42.5 Å². The summed E-state index contributed by atoms with van der Waals surface area (Å²) in [6, 6.07) is 18.0. The predicted molar refractivity (Wildman–Crippen MR) is 112 cm³/mol. The molecule has 0 bridgehead atoms. The zero-order chi connectivity index (χ0) is 19.4. The van der Waals surface area contributed by atoms with Crippen molar-refractivity contribution in [1.82, 2.24) is 19.6 Å². The molecule has 3 heterocycles. The summed E-state index contributed by atoms with van der Waals surface area (Å²) < 4.78 is 1.34. The SMILES string of the molecule is O=c1cc(CN2CCc3c(C4CC4)cccc32)[nH]c2nc(-c3ccccc3)nn12. The van der Waals surface area contributed by atoms with Crippen molar-refractivity contribution in [3.63, 3.8) is 0 Å². The van der Waals surface area contributed by atoms with Crippen LogP contribution in [0, 0.1) is 0 Å². The first-order chi connectivity index (χ1) is 14.3. The Morgan fingerprint density at radius 1 is 1.07 bits per heavy atom. The Bertz CT molecular complexity index is 1270. The number of H-pyrrole nitrogens is 1. The van der Waals surface area contributed by atoms with E-state index >= 15 is 0 Å². The summed E-state index contributed by atoms with van der Waals surface area (Å²) in [5, 5.41) is 4.38. The van der Waals surface area contributed by atoms with Crippen molar-refractivity contribution in [2.75, 3.05) is 11.4 Å². The lowest BCUT2D eigenvalue weighted by Gasteiger charge is -2.19. The van der Waals surface area contributed by atoms with Crippen molar-refractivity contribution in [1.29, 1.82) is 0 Å². The predicted octanol–water partition coefficient (Wildman–Crippen LogP) is 3.52. The molecule has 1 N–H and O–H groups in total. The molecule has 0 saturated heterocycles. The smallest absolute Gasteiger partial charge is 0.275 e. The van der Waals surface area contributed by atoms with Crippen LogP contribution in [0.4, 0.5) is 5.69 Å². The molecule has 6 nitrogen and oxygen atoms in total. The second-order valence-electron chi connectivity index (χ2n) is 7.96. The first-order valence-corrected chi connectivity index (χ1v) is 10.2. The van der Waals surface area contributed by atoms with Gasteiger partial charge in [0.05, 0.1) is 6.54 Å². The molecule has 1 fully saturated rings. The number of nitrogens with one attached hydrogen (secondary N) is 1. The highest BCUT2D eigenvalue weighted by atomic mass is 16.1. The van der Waals surface area contributed by atoms with Crippen molar-refractivity contribution >= 4 is 11.5 Å². The zero-order valence-electron chi connectivity index (χ0n) is 16.0. The van der Waals surface area contributed by atoms with Gasteiger partial charge in [0.2, 0.25) is 5.78 Å². The fourth-order valence-corrected chi connectivity index (χ4v) is 4.41. The second-order valence-corrected chi connectivity index (χ2v) is 7.96. The molecule has 0 atom stereocenters. The highest BCUT2D eigenvalue weighted by Gasteiger charge is 2.30. The molecular formula is C23H21N5O. The Morgan fingerprint density at radius 3 is 2.76 bits per heavy atom. The summed E-state index contributed by atoms with van der Waals surface area (Å²) in [4.78, 5) is 22.9. The summed E-state index contributed by atoms with van der Waals surface area (Å²) in [6.07, 6.45) is 3.71. The van der Waals surface area contributed by atoms with Gasteiger partial charge >= 0.3 is 0 Å². The van der Waals surface area contributed by atoms with E-state index < -0.39 is 0 Å². The molecule has 144 valence electrons. The molecule has 6 rings (SSSR count). The van der Waals surface area contributed by atoms with Crippen LogP contribution in [0.1, 0.15) is 35.6 Å². The fraction of sp³-hybridized carbons (Fsp3) is 0.261. The van der Waals surface area contributed by atoms with E-state index in [2.05, 4.69) is 38.2 Å². The summed E-state index contributed by atoms with van der Waals surface area (Å²) in [5.41, 5.74) is 5.92. The maximum absolute atomic E-state index is 12.6. The van der Waals surface area contributed by atoms with Gasteiger partial charge in [0.15, 0.2) is 5.82 Å². The van der Waals surface area contributed by atoms with Crippen LogP contribution in [0.5, 0.6) is 0 Å². The highest BCUT2D eigenvalue weighted by Crippen LogP contribution is 2.45. The zero-order valence-corrected chi connectivity index (χ0v) is 16.0. The highest BCUT2D eigenvalue weighted by molar-refractivity contribution is 5.62. The molecular weight excluding hydrogens is 362 g/mol. The van der Waals surface area contributed by atoms with Crippen LogP contribution in [0.2, 0.25) is 0 Å². The van der Waals surface area contributed by atoms with Gasteiger partial charge in [-0.05, 0) is 42.4 Å². The third-order valence-corrected chi connectivity index (χ3v) is 5.96. The molecule has 1 aliphatic heterocycles. The van der Waals surface area contributed by atoms with Crippen LogP contribution < -0.4 is 10.5 Å². The number of hydrogen-bond acceptors (Lipinski definition) is 4. The molecule has 0 radical (unpaired) electrons. The average molecular weight is 383 g/mol. The number of hydrogen-bond donors (Lipinski definition) is 1. The maximum Gasteiger partial charge on any atom is 0.275 e. The minimum absolute atomic E-state index is 0.158. The topological polar surface area (TPSA) is 66.3 Å². The van der Waals surface area contributed by atoms with Gasteiger partial charge in [-0.2, -0.15) is 9.50 Å². The monoisotopic (exact) mass is 383 g/mol. The minimum Gasteiger partial charge on any atom is -0.365 e. The number of nitrogens with zero attached hydrogens (tertiary/aromatic N) is 4. The number of aromatic nitrogens is 4. The Morgan fingerprint density at radius 2 is 1.93 bits per heavy atom. The molecule has 1 aliphatic carbocycles. The number of rotatable bonds is 4. The van der Waals surface area contributed by atoms with Gasteiger partial charge in [-0.3, -0.25) is 4.79 Å².